The Hall–Kier alpha value is -1.33. The lowest BCUT2D eigenvalue weighted by molar-refractivity contribution is 0.0539. The van der Waals surface area contributed by atoms with Crippen LogP contribution in [0.2, 0.25) is 0 Å². The van der Waals surface area contributed by atoms with Crippen molar-refractivity contribution in [1.29, 1.82) is 0 Å². The van der Waals surface area contributed by atoms with Crippen molar-refractivity contribution in [3.8, 4) is 0 Å². The van der Waals surface area contributed by atoms with Crippen molar-refractivity contribution in [2.24, 2.45) is 0 Å². The van der Waals surface area contributed by atoms with Gasteiger partial charge in [-0.3, -0.25) is 9.69 Å². The molecule has 1 aliphatic rings. The van der Waals surface area contributed by atoms with Crippen molar-refractivity contribution in [3.63, 3.8) is 0 Å². The van der Waals surface area contributed by atoms with E-state index in [1.807, 2.05) is 11.8 Å². The SMILES string of the molecule is CCOCCN1CCN(C(=O)c2ccco2)CC1. The highest BCUT2D eigenvalue weighted by Crippen LogP contribution is 2.09. The molecule has 18 heavy (non-hydrogen) atoms. The van der Waals surface area contributed by atoms with Gasteiger partial charge in [0.05, 0.1) is 12.9 Å². The Kier molecular flexibility index (Phi) is 4.78. The molecule has 0 saturated carbocycles. The van der Waals surface area contributed by atoms with Gasteiger partial charge in [-0.15, -0.1) is 0 Å². The Labute approximate surface area is 107 Å². The largest absolute Gasteiger partial charge is 0.459 e. The first-order valence-electron chi connectivity index (χ1n) is 6.44. The predicted molar refractivity (Wildman–Crippen MR) is 67.5 cm³/mol. The highest BCUT2D eigenvalue weighted by molar-refractivity contribution is 5.91. The molecule has 1 saturated heterocycles. The molecule has 1 aromatic heterocycles. The number of piperazine rings is 1. The maximum Gasteiger partial charge on any atom is 0.289 e. The van der Waals surface area contributed by atoms with Crippen LogP contribution >= 0.6 is 0 Å². The molecule has 1 amide bonds. The second-order valence-corrected chi connectivity index (χ2v) is 4.31. The summed E-state index contributed by atoms with van der Waals surface area (Å²) in [5.41, 5.74) is 0. The predicted octanol–water partition coefficient (Wildman–Crippen LogP) is 1.07. The highest BCUT2D eigenvalue weighted by Gasteiger charge is 2.23. The number of amides is 1. The van der Waals surface area contributed by atoms with Gasteiger partial charge >= 0.3 is 0 Å². The van der Waals surface area contributed by atoms with E-state index in [1.165, 1.54) is 6.26 Å². The first kappa shape index (κ1) is 13.1. The van der Waals surface area contributed by atoms with E-state index < -0.39 is 0 Å². The van der Waals surface area contributed by atoms with Crippen LogP contribution in [-0.4, -0.2) is 61.6 Å². The van der Waals surface area contributed by atoms with Gasteiger partial charge in [0.1, 0.15) is 0 Å². The molecule has 2 rings (SSSR count). The summed E-state index contributed by atoms with van der Waals surface area (Å²) in [5, 5.41) is 0. The molecule has 2 heterocycles. The van der Waals surface area contributed by atoms with Gasteiger partial charge in [-0.1, -0.05) is 0 Å². The third kappa shape index (κ3) is 3.34. The van der Waals surface area contributed by atoms with E-state index in [4.69, 9.17) is 9.15 Å². The molecule has 0 aliphatic carbocycles. The zero-order chi connectivity index (χ0) is 12.8. The molecule has 0 radical (unpaired) electrons. The standard InChI is InChI=1S/C13H20N2O3/c1-2-17-11-9-14-5-7-15(8-6-14)13(16)12-4-3-10-18-12/h3-4,10H,2,5-9,11H2,1H3. The number of rotatable bonds is 5. The van der Waals surface area contributed by atoms with E-state index in [0.29, 0.717) is 5.76 Å². The summed E-state index contributed by atoms with van der Waals surface area (Å²) >= 11 is 0. The lowest BCUT2D eigenvalue weighted by atomic mass is 10.3. The van der Waals surface area contributed by atoms with E-state index >= 15 is 0 Å². The summed E-state index contributed by atoms with van der Waals surface area (Å²) < 4.78 is 10.5. The van der Waals surface area contributed by atoms with Gasteiger partial charge in [0, 0.05) is 39.3 Å². The molecular formula is C13H20N2O3. The number of carbonyl (C=O) groups is 1. The third-order valence-electron chi connectivity index (χ3n) is 3.15. The lowest BCUT2D eigenvalue weighted by Gasteiger charge is -2.34. The Morgan fingerprint density at radius 2 is 2.17 bits per heavy atom. The summed E-state index contributed by atoms with van der Waals surface area (Å²) in [6.45, 7) is 7.78. The Morgan fingerprint density at radius 1 is 1.39 bits per heavy atom. The van der Waals surface area contributed by atoms with Gasteiger partial charge in [0.15, 0.2) is 5.76 Å². The molecule has 1 fully saturated rings. The topological polar surface area (TPSA) is 45.9 Å². The van der Waals surface area contributed by atoms with Crippen molar-refractivity contribution in [2.75, 3.05) is 45.9 Å². The average Bonchev–Trinajstić information content (AvgIpc) is 2.93. The molecular weight excluding hydrogens is 232 g/mol. The molecule has 0 unspecified atom stereocenters. The van der Waals surface area contributed by atoms with Gasteiger partial charge in [0.25, 0.3) is 5.91 Å². The van der Waals surface area contributed by atoms with Gasteiger partial charge < -0.3 is 14.1 Å². The van der Waals surface area contributed by atoms with E-state index in [-0.39, 0.29) is 5.91 Å². The first-order chi connectivity index (χ1) is 8.81. The zero-order valence-corrected chi connectivity index (χ0v) is 10.8. The third-order valence-corrected chi connectivity index (χ3v) is 3.15. The van der Waals surface area contributed by atoms with Crippen LogP contribution in [0.5, 0.6) is 0 Å². The summed E-state index contributed by atoms with van der Waals surface area (Å²) in [7, 11) is 0. The fraction of sp³-hybridized carbons (Fsp3) is 0.615. The van der Waals surface area contributed by atoms with Crippen LogP contribution in [0.3, 0.4) is 0 Å². The molecule has 0 aromatic carbocycles. The summed E-state index contributed by atoms with van der Waals surface area (Å²) in [6.07, 6.45) is 1.53. The summed E-state index contributed by atoms with van der Waals surface area (Å²) in [6, 6.07) is 3.45. The fourth-order valence-electron chi connectivity index (χ4n) is 2.07. The summed E-state index contributed by atoms with van der Waals surface area (Å²) in [4.78, 5) is 16.2. The van der Waals surface area contributed by atoms with Crippen molar-refractivity contribution in [1.82, 2.24) is 9.80 Å². The number of hydrogen-bond donors (Lipinski definition) is 0. The number of furan rings is 1. The molecule has 1 aromatic rings. The van der Waals surface area contributed by atoms with E-state index in [0.717, 1.165) is 45.9 Å². The monoisotopic (exact) mass is 252 g/mol. The van der Waals surface area contributed by atoms with Crippen LogP contribution in [0.4, 0.5) is 0 Å². The van der Waals surface area contributed by atoms with Crippen molar-refractivity contribution in [2.45, 2.75) is 6.92 Å². The normalized spacial score (nSPS) is 17.1. The zero-order valence-electron chi connectivity index (χ0n) is 10.8. The maximum absolute atomic E-state index is 12.0. The van der Waals surface area contributed by atoms with E-state index in [2.05, 4.69) is 4.90 Å². The first-order valence-corrected chi connectivity index (χ1v) is 6.44. The number of hydrogen-bond acceptors (Lipinski definition) is 4. The van der Waals surface area contributed by atoms with Crippen molar-refractivity contribution < 1.29 is 13.9 Å². The fourth-order valence-corrected chi connectivity index (χ4v) is 2.07. The number of carbonyl (C=O) groups excluding carboxylic acids is 1. The maximum atomic E-state index is 12.0. The van der Waals surface area contributed by atoms with Crippen LogP contribution < -0.4 is 0 Å². The van der Waals surface area contributed by atoms with Crippen LogP contribution in [0.25, 0.3) is 0 Å². The van der Waals surface area contributed by atoms with Crippen molar-refractivity contribution >= 4 is 5.91 Å². The minimum Gasteiger partial charge on any atom is -0.459 e. The second-order valence-electron chi connectivity index (χ2n) is 4.31. The molecule has 0 spiro atoms. The molecule has 0 atom stereocenters. The van der Waals surface area contributed by atoms with Gasteiger partial charge in [-0.25, -0.2) is 0 Å². The molecule has 100 valence electrons. The van der Waals surface area contributed by atoms with Crippen LogP contribution in [0.15, 0.2) is 22.8 Å². The Morgan fingerprint density at radius 3 is 2.78 bits per heavy atom. The lowest BCUT2D eigenvalue weighted by Crippen LogP contribution is -2.49. The van der Waals surface area contributed by atoms with Crippen LogP contribution in [0, 0.1) is 0 Å². The summed E-state index contributed by atoms with van der Waals surface area (Å²) in [5.74, 6) is 0.419. The molecule has 0 bridgehead atoms. The Bertz CT molecular complexity index is 356. The molecule has 5 nitrogen and oxygen atoms in total. The molecule has 5 heteroatoms. The minimum absolute atomic E-state index is 0.00976. The second kappa shape index (κ2) is 6.56. The van der Waals surface area contributed by atoms with Crippen LogP contribution in [-0.2, 0) is 4.74 Å². The Balaban J connectivity index is 1.75. The van der Waals surface area contributed by atoms with Gasteiger partial charge in [-0.2, -0.15) is 0 Å². The van der Waals surface area contributed by atoms with E-state index in [1.54, 1.807) is 12.1 Å². The van der Waals surface area contributed by atoms with Gasteiger partial charge in [0.2, 0.25) is 0 Å². The smallest absolute Gasteiger partial charge is 0.289 e. The number of nitrogens with zero attached hydrogens (tertiary/aromatic N) is 2. The van der Waals surface area contributed by atoms with Crippen LogP contribution in [0.1, 0.15) is 17.5 Å². The quantitative estimate of drug-likeness (QED) is 0.736. The van der Waals surface area contributed by atoms with Crippen molar-refractivity contribution in [3.05, 3.63) is 24.2 Å². The highest BCUT2D eigenvalue weighted by atomic mass is 16.5. The van der Waals surface area contributed by atoms with Gasteiger partial charge in [-0.05, 0) is 19.1 Å². The molecule has 1 aliphatic heterocycles. The molecule has 0 N–H and O–H groups in total. The number of ether oxygens (including phenoxy) is 1. The minimum atomic E-state index is -0.00976. The van der Waals surface area contributed by atoms with E-state index in [9.17, 15) is 4.79 Å². The average molecular weight is 252 g/mol.